The van der Waals surface area contributed by atoms with Crippen LogP contribution in [0.3, 0.4) is 0 Å². The van der Waals surface area contributed by atoms with Crippen LogP contribution in [0.5, 0.6) is 0 Å². The van der Waals surface area contributed by atoms with Gasteiger partial charge in [0, 0.05) is 40.9 Å². The van der Waals surface area contributed by atoms with Gasteiger partial charge in [0.05, 0.1) is 20.9 Å². The van der Waals surface area contributed by atoms with E-state index in [4.69, 9.17) is 40.2 Å². The molecule has 2 aromatic carbocycles. The standard InChI is InChI=1S/C21H20Cl3N5/c1-26-21(25)27-10-11-6-14(28-13-3-4-17(23)18(24)9-13)8-16-15-7-12(22)2-5-19(15)29-20(11)16/h3-9,12,28-29H,2,10H2,1H3,(H3,25,26,27). The Hall–Kier alpha value is -2.34. The number of anilines is 2. The first-order valence-corrected chi connectivity index (χ1v) is 10.4. The fraction of sp³-hybridized carbons (Fsp3) is 0.190. The molecule has 1 aliphatic carbocycles. The van der Waals surface area contributed by atoms with Gasteiger partial charge < -0.3 is 20.9 Å². The Bertz CT molecular complexity index is 1220. The van der Waals surface area contributed by atoms with Gasteiger partial charge in [-0.15, -0.1) is 11.6 Å². The molecular formula is C21H20Cl3N5. The summed E-state index contributed by atoms with van der Waals surface area (Å²) in [6.45, 7) is 0.497. The van der Waals surface area contributed by atoms with Crippen molar-refractivity contribution < 1.29 is 0 Å². The van der Waals surface area contributed by atoms with Gasteiger partial charge in [-0.1, -0.05) is 35.4 Å². The van der Waals surface area contributed by atoms with Gasteiger partial charge in [0.25, 0.3) is 0 Å². The van der Waals surface area contributed by atoms with Crippen molar-refractivity contribution in [1.29, 1.82) is 5.41 Å². The fourth-order valence-corrected chi connectivity index (χ4v) is 3.97. The normalized spacial score (nSPS) is 15.2. The average Bonchev–Trinajstić information content (AvgIpc) is 3.06. The van der Waals surface area contributed by atoms with Crippen molar-refractivity contribution >= 4 is 75.2 Å². The second kappa shape index (κ2) is 8.19. The Morgan fingerprint density at radius 3 is 2.76 bits per heavy atom. The highest BCUT2D eigenvalue weighted by molar-refractivity contribution is 6.42. The molecule has 0 fully saturated rings. The maximum Gasteiger partial charge on any atom is 0.188 e. The number of hydrogen-bond acceptors (Lipinski definition) is 2. The van der Waals surface area contributed by atoms with E-state index in [1.807, 2.05) is 6.07 Å². The molecule has 0 saturated carbocycles. The van der Waals surface area contributed by atoms with Gasteiger partial charge >= 0.3 is 0 Å². The second-order valence-corrected chi connectivity index (χ2v) is 8.24. The van der Waals surface area contributed by atoms with Crippen molar-refractivity contribution in [3.8, 4) is 0 Å². The molecule has 29 heavy (non-hydrogen) atoms. The van der Waals surface area contributed by atoms with E-state index < -0.39 is 0 Å². The summed E-state index contributed by atoms with van der Waals surface area (Å²) in [5.74, 6) is 0.260. The lowest BCUT2D eigenvalue weighted by Crippen LogP contribution is -2.33. The first-order chi connectivity index (χ1) is 13.9. The summed E-state index contributed by atoms with van der Waals surface area (Å²) in [7, 11) is 1.71. The van der Waals surface area contributed by atoms with Crippen LogP contribution in [0.25, 0.3) is 23.1 Å². The number of hydrogen-bond donors (Lipinski definition) is 5. The summed E-state index contributed by atoms with van der Waals surface area (Å²) >= 11 is 18.6. The second-order valence-electron chi connectivity index (χ2n) is 6.87. The van der Waals surface area contributed by atoms with E-state index >= 15 is 0 Å². The number of rotatable bonds is 4. The zero-order valence-corrected chi connectivity index (χ0v) is 17.9. The molecule has 4 rings (SSSR count). The number of aromatic amines is 1. The van der Waals surface area contributed by atoms with Crippen LogP contribution in [0.1, 0.15) is 12.0 Å². The molecule has 0 aliphatic heterocycles. The van der Waals surface area contributed by atoms with Crippen LogP contribution in [0.2, 0.25) is 10.0 Å². The summed E-state index contributed by atoms with van der Waals surface area (Å²) in [5, 5.41) is 21.3. The Kier molecular flexibility index (Phi) is 5.63. The van der Waals surface area contributed by atoms with E-state index in [9.17, 15) is 0 Å². The van der Waals surface area contributed by atoms with E-state index in [1.165, 1.54) is 0 Å². The molecule has 1 atom stereocenters. The predicted molar refractivity (Wildman–Crippen MR) is 124 cm³/mol. The lowest BCUT2D eigenvalue weighted by molar-refractivity contribution is 0.865. The number of nitrogens with one attached hydrogen (secondary N) is 5. The van der Waals surface area contributed by atoms with Crippen molar-refractivity contribution in [2.45, 2.75) is 18.3 Å². The van der Waals surface area contributed by atoms with E-state index in [0.29, 0.717) is 16.6 Å². The van der Waals surface area contributed by atoms with Crippen molar-refractivity contribution in [3.63, 3.8) is 0 Å². The molecule has 150 valence electrons. The Balaban J connectivity index is 1.82. The van der Waals surface area contributed by atoms with Gasteiger partial charge in [0.1, 0.15) is 0 Å². The zero-order chi connectivity index (χ0) is 20.5. The van der Waals surface area contributed by atoms with Crippen LogP contribution >= 0.6 is 34.8 Å². The van der Waals surface area contributed by atoms with E-state index in [-0.39, 0.29) is 11.3 Å². The highest BCUT2D eigenvalue weighted by atomic mass is 35.5. The molecule has 3 aromatic rings. The minimum atomic E-state index is -0.0211. The van der Waals surface area contributed by atoms with Crippen molar-refractivity contribution in [3.05, 3.63) is 56.5 Å². The van der Waals surface area contributed by atoms with Crippen LogP contribution in [0, 0.1) is 5.41 Å². The molecule has 1 unspecified atom stereocenters. The summed E-state index contributed by atoms with van der Waals surface area (Å²) in [6.07, 6.45) is 5.02. The van der Waals surface area contributed by atoms with Crippen LogP contribution in [-0.2, 0) is 6.54 Å². The minimum absolute atomic E-state index is 0.0211. The number of alkyl halides is 1. The molecule has 0 bridgehead atoms. The van der Waals surface area contributed by atoms with E-state index in [0.717, 1.165) is 44.8 Å². The van der Waals surface area contributed by atoms with E-state index in [2.05, 4.69) is 45.2 Å². The number of fused-ring (bicyclic) bond motifs is 3. The fourth-order valence-electron chi connectivity index (χ4n) is 3.45. The molecule has 1 heterocycles. The van der Waals surface area contributed by atoms with Gasteiger partial charge in [-0.3, -0.25) is 5.41 Å². The largest absolute Gasteiger partial charge is 0.360 e. The number of benzene rings is 2. The molecule has 1 aromatic heterocycles. The molecule has 5 N–H and O–H groups in total. The zero-order valence-electron chi connectivity index (χ0n) is 15.7. The number of guanidine groups is 1. The monoisotopic (exact) mass is 447 g/mol. The molecule has 0 radical (unpaired) electrons. The van der Waals surface area contributed by atoms with Crippen molar-refractivity contribution in [1.82, 2.24) is 15.6 Å². The summed E-state index contributed by atoms with van der Waals surface area (Å²) in [6, 6.07) is 9.60. The van der Waals surface area contributed by atoms with Crippen LogP contribution in [0.15, 0.2) is 30.3 Å². The SMILES string of the molecule is CNC(=N)NCc1cc(Nc2ccc(Cl)c(Cl)c2)cc2c3c([nH]c12)=CCC(Cl)C=3. The highest BCUT2D eigenvalue weighted by Crippen LogP contribution is 2.29. The smallest absolute Gasteiger partial charge is 0.188 e. The Morgan fingerprint density at radius 2 is 2.00 bits per heavy atom. The average molecular weight is 449 g/mol. The van der Waals surface area contributed by atoms with Gasteiger partial charge in [-0.05, 0) is 42.3 Å². The van der Waals surface area contributed by atoms with Crippen LogP contribution in [0.4, 0.5) is 11.4 Å². The molecule has 1 aliphatic rings. The van der Waals surface area contributed by atoms with Crippen molar-refractivity contribution in [2.24, 2.45) is 0 Å². The number of aromatic nitrogens is 1. The molecule has 0 spiro atoms. The van der Waals surface area contributed by atoms with Gasteiger partial charge in [-0.25, -0.2) is 0 Å². The maximum absolute atomic E-state index is 7.82. The lowest BCUT2D eigenvalue weighted by atomic mass is 10.1. The quantitative estimate of drug-likeness (QED) is 0.238. The molecular weight excluding hydrogens is 429 g/mol. The van der Waals surface area contributed by atoms with Gasteiger partial charge in [0.2, 0.25) is 0 Å². The first kappa shape index (κ1) is 20.0. The number of H-pyrrole nitrogens is 1. The predicted octanol–water partition coefficient (Wildman–Crippen LogP) is 4.03. The van der Waals surface area contributed by atoms with Gasteiger partial charge in [-0.2, -0.15) is 0 Å². The lowest BCUT2D eigenvalue weighted by Gasteiger charge is -2.13. The third-order valence-electron chi connectivity index (χ3n) is 4.87. The Morgan fingerprint density at radius 1 is 1.17 bits per heavy atom. The van der Waals surface area contributed by atoms with E-state index in [1.54, 1.807) is 19.2 Å². The first-order valence-electron chi connectivity index (χ1n) is 9.17. The highest BCUT2D eigenvalue weighted by Gasteiger charge is 2.13. The summed E-state index contributed by atoms with van der Waals surface area (Å²) < 4.78 is 0. The molecule has 5 nitrogen and oxygen atoms in total. The topological polar surface area (TPSA) is 75.7 Å². The molecule has 8 heteroatoms. The van der Waals surface area contributed by atoms with Crippen molar-refractivity contribution in [2.75, 3.05) is 12.4 Å². The minimum Gasteiger partial charge on any atom is -0.360 e. The van der Waals surface area contributed by atoms with Gasteiger partial charge in [0.15, 0.2) is 5.96 Å². The maximum atomic E-state index is 7.82. The third-order valence-corrected chi connectivity index (χ3v) is 5.91. The summed E-state index contributed by atoms with van der Waals surface area (Å²) in [5.41, 5.74) is 3.82. The molecule has 0 amide bonds. The summed E-state index contributed by atoms with van der Waals surface area (Å²) in [4.78, 5) is 3.51. The number of halogens is 3. The van der Waals surface area contributed by atoms with Crippen LogP contribution in [-0.4, -0.2) is 23.4 Å². The molecule has 0 saturated heterocycles. The Labute approximate surface area is 183 Å². The van der Waals surface area contributed by atoms with Crippen LogP contribution < -0.4 is 26.5 Å². The third kappa shape index (κ3) is 4.17.